The van der Waals surface area contributed by atoms with Gasteiger partial charge in [0.15, 0.2) is 0 Å². The molecular weight excluding hydrogens is 416 g/mol. The lowest BCUT2D eigenvalue weighted by atomic mass is 10.7. The van der Waals surface area contributed by atoms with Crippen molar-refractivity contribution >= 4 is 48.1 Å². The van der Waals surface area contributed by atoms with Gasteiger partial charge >= 0.3 is 24.6 Å². The van der Waals surface area contributed by atoms with Crippen molar-refractivity contribution in [3.05, 3.63) is 0 Å². The molecule has 0 unspecified atom stereocenters. The zero-order valence-corrected chi connectivity index (χ0v) is 20.4. The van der Waals surface area contributed by atoms with Crippen LogP contribution in [-0.2, 0) is 27.2 Å². The molecule has 0 saturated carbocycles. The van der Waals surface area contributed by atoms with Gasteiger partial charge in [-0.25, -0.2) is 4.79 Å². The lowest BCUT2D eigenvalue weighted by molar-refractivity contribution is 0.00457. The molecule has 13 heteroatoms. The van der Waals surface area contributed by atoms with Crippen LogP contribution in [0.15, 0.2) is 0 Å². The number of urea groups is 1. The average Bonchev–Trinajstić information content (AvgIpc) is 2.66. The summed E-state index contributed by atoms with van der Waals surface area (Å²) in [6, 6.07) is -0.144. The van der Waals surface area contributed by atoms with E-state index in [4.69, 9.17) is 27.2 Å². The highest BCUT2D eigenvalue weighted by Crippen LogP contribution is 2.14. The van der Waals surface area contributed by atoms with E-state index in [1.807, 2.05) is 0 Å². The van der Waals surface area contributed by atoms with Crippen molar-refractivity contribution in [3.63, 3.8) is 0 Å². The normalized spacial score (nSPS) is 11.4. The highest BCUT2D eigenvalue weighted by Gasteiger charge is 2.22. The lowest BCUT2D eigenvalue weighted by Crippen LogP contribution is -2.45. The number of amides is 2. The Hall–Kier alpha value is 0.164. The average molecular weight is 449 g/mol. The van der Waals surface area contributed by atoms with Gasteiger partial charge in [0.2, 0.25) is 0 Å². The van der Waals surface area contributed by atoms with E-state index in [1.54, 1.807) is 71.1 Å². The molecule has 0 aliphatic heterocycles. The number of hydrogen-bond acceptors (Lipinski definition) is 9. The highest BCUT2D eigenvalue weighted by atomic mass is 32.2. The second kappa shape index (κ2) is 17.3. The van der Waals surface area contributed by atoms with Crippen molar-refractivity contribution in [1.82, 2.24) is 9.80 Å². The van der Waals surface area contributed by atoms with E-state index in [9.17, 15) is 4.79 Å². The number of ether oxygens (including phenoxy) is 2. The Morgan fingerprint density at radius 2 is 1.12 bits per heavy atom. The third-order valence-electron chi connectivity index (χ3n) is 3.16. The Morgan fingerprint density at radius 1 is 0.731 bits per heavy atom. The Kier molecular flexibility index (Phi) is 17.4. The Morgan fingerprint density at radius 3 is 1.42 bits per heavy atom. The number of carbonyl (C=O) groups is 1. The van der Waals surface area contributed by atoms with Crippen LogP contribution in [0.2, 0.25) is 0 Å². The van der Waals surface area contributed by atoms with Crippen molar-refractivity contribution < 1.29 is 32.0 Å². The number of rotatable bonds is 16. The van der Waals surface area contributed by atoms with Crippen LogP contribution in [0.5, 0.6) is 0 Å². The van der Waals surface area contributed by atoms with Crippen LogP contribution >= 0.6 is 23.5 Å². The standard InChI is InChI=1S/C13H32N2O7S2Si2/c1-17-7-14(8-18-2)13(16)15(9-23-11-25(19-3)20-4)10-24-12-26(21-5)22-6/h25-26H,7-12H2,1-6H3. The molecule has 9 nitrogen and oxygen atoms in total. The summed E-state index contributed by atoms with van der Waals surface area (Å²) in [4.78, 5) is 16.1. The van der Waals surface area contributed by atoms with Crippen LogP contribution in [0.4, 0.5) is 4.79 Å². The van der Waals surface area contributed by atoms with Crippen LogP contribution in [0.25, 0.3) is 0 Å². The lowest BCUT2D eigenvalue weighted by Gasteiger charge is -2.29. The zero-order valence-electron chi connectivity index (χ0n) is 16.5. The van der Waals surface area contributed by atoms with Gasteiger partial charge in [-0.05, 0) is 0 Å². The summed E-state index contributed by atoms with van der Waals surface area (Å²) in [7, 11) is 6.37. The third kappa shape index (κ3) is 11.1. The molecule has 0 N–H and O–H groups in total. The molecule has 0 saturated heterocycles. The quantitative estimate of drug-likeness (QED) is 0.246. The monoisotopic (exact) mass is 448 g/mol. The molecule has 0 aromatic carbocycles. The van der Waals surface area contributed by atoms with Crippen molar-refractivity contribution in [2.45, 2.75) is 0 Å². The summed E-state index contributed by atoms with van der Waals surface area (Å²) in [5, 5.41) is 1.51. The number of carbonyl (C=O) groups excluding carboxylic acids is 1. The smallest absolute Gasteiger partial charge is 0.331 e. The molecule has 0 spiro atoms. The third-order valence-corrected chi connectivity index (χ3v) is 10.3. The maximum Gasteiger partial charge on any atom is 0.331 e. The molecule has 0 bridgehead atoms. The molecular formula is C13H32N2O7S2Si2. The van der Waals surface area contributed by atoms with Crippen LogP contribution in [0, 0.1) is 0 Å². The summed E-state index contributed by atoms with van der Waals surface area (Å²) in [5.41, 5.74) is 0. The van der Waals surface area contributed by atoms with Gasteiger partial charge in [-0.3, -0.25) is 4.90 Å². The summed E-state index contributed by atoms with van der Waals surface area (Å²) in [6.07, 6.45) is 0. The largest absolute Gasteiger partial charge is 0.399 e. The highest BCUT2D eigenvalue weighted by molar-refractivity contribution is 8.01. The van der Waals surface area contributed by atoms with Crippen molar-refractivity contribution in [2.75, 3.05) is 78.6 Å². The molecule has 26 heavy (non-hydrogen) atoms. The van der Waals surface area contributed by atoms with Crippen molar-refractivity contribution in [1.29, 1.82) is 0 Å². The van der Waals surface area contributed by atoms with Gasteiger partial charge < -0.3 is 32.1 Å². The first-order valence-corrected chi connectivity index (χ1v) is 13.7. The molecule has 0 aliphatic rings. The summed E-state index contributed by atoms with van der Waals surface area (Å²) in [6.45, 7) is 0.332. The predicted octanol–water partition coefficient (Wildman–Crippen LogP) is 0.405. The minimum atomic E-state index is -1.67. The second-order valence-corrected chi connectivity index (χ2v) is 12.6. The van der Waals surface area contributed by atoms with Gasteiger partial charge in [0, 0.05) is 53.4 Å². The minimum Gasteiger partial charge on any atom is -0.399 e. The molecule has 0 rings (SSSR count). The maximum atomic E-state index is 12.8. The van der Waals surface area contributed by atoms with Gasteiger partial charge in [0.25, 0.3) is 0 Å². The van der Waals surface area contributed by atoms with Gasteiger partial charge in [0.1, 0.15) is 13.5 Å². The van der Waals surface area contributed by atoms with E-state index in [1.165, 1.54) is 4.90 Å². The fourth-order valence-corrected chi connectivity index (χ4v) is 7.69. The van der Waals surface area contributed by atoms with E-state index >= 15 is 0 Å². The molecule has 0 aromatic heterocycles. The van der Waals surface area contributed by atoms with E-state index in [2.05, 4.69) is 0 Å². The molecule has 0 fully saturated rings. The van der Waals surface area contributed by atoms with Crippen LogP contribution in [0.1, 0.15) is 0 Å². The SMILES string of the molecule is COCN(COC)C(=O)N(CSC[SiH](OC)OC)CSC[SiH](OC)OC. The summed E-state index contributed by atoms with van der Waals surface area (Å²) in [5.74, 6) is 1.05. The molecule has 0 radical (unpaired) electrons. The topological polar surface area (TPSA) is 78.9 Å². The van der Waals surface area contributed by atoms with Gasteiger partial charge in [0.05, 0.1) is 11.8 Å². The van der Waals surface area contributed by atoms with E-state index in [-0.39, 0.29) is 19.5 Å². The molecule has 156 valence electrons. The first kappa shape index (κ1) is 26.2. The van der Waals surface area contributed by atoms with Crippen LogP contribution < -0.4 is 0 Å². The number of hydrogen-bond donors (Lipinski definition) is 0. The molecule has 0 aromatic rings. The molecule has 0 aliphatic carbocycles. The Labute approximate surface area is 168 Å². The van der Waals surface area contributed by atoms with Crippen molar-refractivity contribution in [2.24, 2.45) is 0 Å². The summed E-state index contributed by atoms with van der Waals surface area (Å²) >= 11 is 3.23. The van der Waals surface area contributed by atoms with E-state index in [0.29, 0.717) is 11.8 Å². The van der Waals surface area contributed by atoms with E-state index < -0.39 is 18.6 Å². The number of thioether (sulfide) groups is 2. The van der Waals surface area contributed by atoms with Gasteiger partial charge in [-0.2, -0.15) is 0 Å². The first-order valence-electron chi connectivity index (χ1n) is 7.86. The minimum absolute atomic E-state index is 0.144. The second-order valence-electron chi connectivity index (χ2n) is 5.00. The fourth-order valence-electron chi connectivity index (χ4n) is 1.79. The fraction of sp³-hybridized carbons (Fsp3) is 0.923. The van der Waals surface area contributed by atoms with Crippen molar-refractivity contribution in [3.8, 4) is 0 Å². The van der Waals surface area contributed by atoms with Gasteiger partial charge in [-0.15, -0.1) is 23.5 Å². The predicted molar refractivity (Wildman–Crippen MR) is 110 cm³/mol. The van der Waals surface area contributed by atoms with Crippen LogP contribution in [0.3, 0.4) is 0 Å². The molecule has 0 atom stereocenters. The first-order chi connectivity index (χ1) is 12.6. The van der Waals surface area contributed by atoms with Gasteiger partial charge in [-0.1, -0.05) is 0 Å². The maximum absolute atomic E-state index is 12.8. The number of methoxy groups -OCH3 is 2. The summed E-state index contributed by atoms with van der Waals surface area (Å²) < 4.78 is 31.5. The molecule has 2 amide bonds. The van der Waals surface area contributed by atoms with E-state index in [0.717, 1.165) is 10.8 Å². The molecule has 0 heterocycles. The van der Waals surface area contributed by atoms with Crippen LogP contribution in [-0.4, -0.2) is 113 Å². The number of nitrogens with zero attached hydrogens (tertiary/aromatic N) is 2. The zero-order chi connectivity index (χ0) is 19.8. The Bertz CT molecular complexity index is 332. The Balaban J connectivity index is 4.75.